The van der Waals surface area contributed by atoms with E-state index in [1.807, 2.05) is 42.6 Å². The smallest absolute Gasteiger partial charge is 0.250 e. The van der Waals surface area contributed by atoms with Crippen molar-refractivity contribution in [2.24, 2.45) is 0 Å². The van der Waals surface area contributed by atoms with Gasteiger partial charge in [0.1, 0.15) is 5.54 Å². The molecule has 0 spiro atoms. The zero-order chi connectivity index (χ0) is 20.1. The van der Waals surface area contributed by atoms with Crippen molar-refractivity contribution in [1.29, 1.82) is 0 Å². The Morgan fingerprint density at radius 2 is 1.79 bits per heavy atom. The molecule has 1 aromatic carbocycles. The fourth-order valence-corrected chi connectivity index (χ4v) is 3.82. The van der Waals surface area contributed by atoms with E-state index >= 15 is 0 Å². The van der Waals surface area contributed by atoms with Crippen molar-refractivity contribution >= 4 is 5.91 Å². The van der Waals surface area contributed by atoms with Gasteiger partial charge in [-0.2, -0.15) is 5.10 Å². The molecule has 3 aromatic rings. The molecule has 0 unspecified atom stereocenters. The summed E-state index contributed by atoms with van der Waals surface area (Å²) in [6.45, 7) is 2.57. The first-order valence-electron chi connectivity index (χ1n) is 9.90. The minimum atomic E-state index is -0.636. The molecule has 1 amide bonds. The van der Waals surface area contributed by atoms with Crippen molar-refractivity contribution in [3.05, 3.63) is 88.6 Å². The molecule has 0 saturated carbocycles. The molecule has 0 atom stereocenters. The SMILES string of the molecule is O=C(NCc1ccc(Cn2ccccc2=O)cc1)C1(n2cccn2)CCNCC1. The van der Waals surface area contributed by atoms with Gasteiger partial charge in [0.25, 0.3) is 5.56 Å². The quantitative estimate of drug-likeness (QED) is 0.667. The van der Waals surface area contributed by atoms with Crippen LogP contribution in [-0.2, 0) is 23.4 Å². The van der Waals surface area contributed by atoms with Gasteiger partial charge in [-0.15, -0.1) is 0 Å². The number of hydrogen-bond donors (Lipinski definition) is 2. The first-order valence-corrected chi connectivity index (χ1v) is 9.90. The van der Waals surface area contributed by atoms with E-state index in [2.05, 4.69) is 15.7 Å². The number of amides is 1. The van der Waals surface area contributed by atoms with Crippen LogP contribution in [0.4, 0.5) is 0 Å². The van der Waals surface area contributed by atoms with Crippen molar-refractivity contribution < 1.29 is 4.79 Å². The lowest BCUT2D eigenvalue weighted by atomic mass is 9.87. The van der Waals surface area contributed by atoms with Crippen LogP contribution in [0.25, 0.3) is 0 Å². The first-order chi connectivity index (χ1) is 14.2. The lowest BCUT2D eigenvalue weighted by molar-refractivity contribution is -0.132. The normalized spacial score (nSPS) is 15.7. The molecule has 2 aromatic heterocycles. The number of piperidine rings is 1. The molecule has 7 nitrogen and oxygen atoms in total. The number of carbonyl (C=O) groups is 1. The summed E-state index contributed by atoms with van der Waals surface area (Å²) >= 11 is 0. The summed E-state index contributed by atoms with van der Waals surface area (Å²) in [6.07, 6.45) is 6.79. The molecular formula is C22H25N5O2. The Balaban J connectivity index is 1.41. The molecule has 1 saturated heterocycles. The molecule has 4 rings (SSSR count). The predicted molar refractivity (Wildman–Crippen MR) is 110 cm³/mol. The van der Waals surface area contributed by atoms with Gasteiger partial charge >= 0.3 is 0 Å². The third kappa shape index (κ3) is 4.14. The van der Waals surface area contributed by atoms with Crippen LogP contribution in [0, 0.1) is 0 Å². The first kappa shape index (κ1) is 19.1. The number of benzene rings is 1. The highest BCUT2D eigenvalue weighted by molar-refractivity contribution is 5.84. The Bertz CT molecular complexity index is 1000. The molecule has 3 heterocycles. The van der Waals surface area contributed by atoms with E-state index in [9.17, 15) is 9.59 Å². The van der Waals surface area contributed by atoms with Crippen molar-refractivity contribution in [1.82, 2.24) is 25.0 Å². The summed E-state index contributed by atoms with van der Waals surface area (Å²) in [4.78, 5) is 24.9. The summed E-state index contributed by atoms with van der Waals surface area (Å²) < 4.78 is 3.46. The fourth-order valence-electron chi connectivity index (χ4n) is 3.82. The second-order valence-corrected chi connectivity index (χ2v) is 7.40. The van der Waals surface area contributed by atoms with Gasteiger partial charge in [0.05, 0.1) is 6.54 Å². The van der Waals surface area contributed by atoms with Crippen LogP contribution >= 0.6 is 0 Å². The number of pyridine rings is 1. The van der Waals surface area contributed by atoms with Gasteiger partial charge in [-0.1, -0.05) is 30.3 Å². The maximum Gasteiger partial charge on any atom is 0.250 e. The second-order valence-electron chi connectivity index (χ2n) is 7.40. The van der Waals surface area contributed by atoms with Crippen LogP contribution in [0.2, 0.25) is 0 Å². The Hall–Kier alpha value is -3.19. The van der Waals surface area contributed by atoms with Gasteiger partial charge in [0.2, 0.25) is 5.91 Å². The number of nitrogens with zero attached hydrogens (tertiary/aromatic N) is 3. The highest BCUT2D eigenvalue weighted by Gasteiger charge is 2.41. The summed E-state index contributed by atoms with van der Waals surface area (Å²) in [5, 5.41) is 10.8. The average Bonchev–Trinajstić information content (AvgIpc) is 3.31. The molecule has 2 N–H and O–H groups in total. The molecule has 0 bridgehead atoms. The second kappa shape index (κ2) is 8.45. The zero-order valence-electron chi connectivity index (χ0n) is 16.3. The molecule has 7 heteroatoms. The van der Waals surface area contributed by atoms with Gasteiger partial charge in [-0.05, 0) is 49.2 Å². The average molecular weight is 391 g/mol. The van der Waals surface area contributed by atoms with E-state index < -0.39 is 5.54 Å². The fraction of sp³-hybridized carbons (Fsp3) is 0.318. The zero-order valence-corrected chi connectivity index (χ0v) is 16.3. The maximum atomic E-state index is 13.1. The van der Waals surface area contributed by atoms with E-state index in [1.54, 1.807) is 33.8 Å². The number of carbonyl (C=O) groups excluding carboxylic acids is 1. The summed E-state index contributed by atoms with van der Waals surface area (Å²) in [5.74, 6) is 0.00242. The van der Waals surface area contributed by atoms with Crippen molar-refractivity contribution in [3.63, 3.8) is 0 Å². The van der Waals surface area contributed by atoms with Gasteiger partial charge in [-0.3, -0.25) is 14.3 Å². The van der Waals surface area contributed by atoms with Gasteiger partial charge < -0.3 is 15.2 Å². The van der Waals surface area contributed by atoms with Crippen molar-refractivity contribution in [2.45, 2.75) is 31.5 Å². The Morgan fingerprint density at radius 1 is 1.03 bits per heavy atom. The molecular weight excluding hydrogens is 366 g/mol. The topological polar surface area (TPSA) is 81.0 Å². The maximum absolute atomic E-state index is 13.1. The molecule has 29 heavy (non-hydrogen) atoms. The van der Waals surface area contributed by atoms with Crippen LogP contribution in [0.5, 0.6) is 0 Å². The standard InChI is InChI=1S/C22H25N5O2/c28-20-4-1-2-14-26(20)17-19-7-5-18(6-8-19)16-24-21(29)22(9-12-23-13-10-22)27-15-3-11-25-27/h1-8,11,14-15,23H,9-10,12-13,16-17H2,(H,24,29). The summed E-state index contributed by atoms with van der Waals surface area (Å²) in [5.41, 5.74) is 1.41. The molecule has 1 aliphatic heterocycles. The number of nitrogens with one attached hydrogen (secondary N) is 2. The van der Waals surface area contributed by atoms with Gasteiger partial charge in [0.15, 0.2) is 0 Å². The predicted octanol–water partition coefficient (Wildman–Crippen LogP) is 1.49. The van der Waals surface area contributed by atoms with Gasteiger partial charge in [-0.25, -0.2) is 0 Å². The molecule has 1 fully saturated rings. The van der Waals surface area contributed by atoms with Crippen LogP contribution in [0.15, 0.2) is 71.9 Å². The van der Waals surface area contributed by atoms with E-state index in [1.165, 1.54) is 0 Å². The lowest BCUT2D eigenvalue weighted by Gasteiger charge is -2.36. The molecule has 0 radical (unpaired) electrons. The van der Waals surface area contributed by atoms with Crippen LogP contribution in [0.1, 0.15) is 24.0 Å². The molecule has 150 valence electrons. The Morgan fingerprint density at radius 3 is 2.48 bits per heavy atom. The van der Waals surface area contributed by atoms with Crippen LogP contribution < -0.4 is 16.2 Å². The Kier molecular flexibility index (Phi) is 5.57. The highest BCUT2D eigenvalue weighted by atomic mass is 16.2. The summed E-state index contributed by atoms with van der Waals surface area (Å²) in [6, 6.07) is 15.0. The minimum absolute atomic E-state index is 0.00242. The monoisotopic (exact) mass is 391 g/mol. The van der Waals surface area contributed by atoms with Gasteiger partial charge in [0, 0.05) is 31.2 Å². The molecule has 1 aliphatic rings. The Labute approximate surface area is 169 Å². The van der Waals surface area contributed by atoms with E-state index in [4.69, 9.17) is 0 Å². The third-order valence-electron chi connectivity index (χ3n) is 5.52. The number of aromatic nitrogens is 3. The molecule has 0 aliphatic carbocycles. The van der Waals surface area contributed by atoms with Crippen LogP contribution in [0.3, 0.4) is 0 Å². The lowest BCUT2D eigenvalue weighted by Crippen LogP contribution is -2.54. The van der Waals surface area contributed by atoms with E-state index in [0.29, 0.717) is 25.9 Å². The third-order valence-corrected chi connectivity index (χ3v) is 5.52. The van der Waals surface area contributed by atoms with E-state index in [0.717, 1.165) is 24.2 Å². The largest absolute Gasteiger partial charge is 0.350 e. The van der Waals surface area contributed by atoms with Crippen molar-refractivity contribution in [2.75, 3.05) is 13.1 Å². The van der Waals surface area contributed by atoms with Crippen molar-refractivity contribution in [3.8, 4) is 0 Å². The summed E-state index contributed by atoms with van der Waals surface area (Å²) in [7, 11) is 0. The number of rotatable bonds is 6. The number of hydrogen-bond acceptors (Lipinski definition) is 4. The van der Waals surface area contributed by atoms with Crippen LogP contribution in [-0.4, -0.2) is 33.3 Å². The van der Waals surface area contributed by atoms with E-state index in [-0.39, 0.29) is 11.5 Å². The highest BCUT2D eigenvalue weighted by Crippen LogP contribution is 2.27. The minimum Gasteiger partial charge on any atom is -0.350 e.